The van der Waals surface area contributed by atoms with Crippen molar-refractivity contribution in [1.82, 2.24) is 0 Å². The van der Waals surface area contributed by atoms with Crippen LogP contribution >= 0.6 is 0 Å². The molecule has 5 saturated carbocycles. The second-order valence-electron chi connectivity index (χ2n) is 22.3. The standard InChI is InChI=1S/C56H70O8/c1-35(2)39-26-29-53(5)32-33-55(7)40(45(39)53)24-25-43-54(6)30-28-44(52(3,4)42(54)27-31-56(43,55)8)62-51-47(64-50(59)38-22-16-11-17-23-38)46(63-49(58)37-20-14-10-15-21-37)41(61-51)34-60-48(57)36-18-12-9-13-19-36/h9-23,39-47,51H,1,24-34H2,2-8H3/t39-,40+,41-,42-,43+,44?,45+,46-,47+,51-,53+,54-,55+,56+/m0/s1. The van der Waals surface area contributed by atoms with E-state index in [0.29, 0.717) is 39.9 Å². The minimum atomic E-state index is -1.15. The van der Waals surface area contributed by atoms with E-state index in [1.165, 1.54) is 50.5 Å². The van der Waals surface area contributed by atoms with Crippen molar-refractivity contribution in [2.75, 3.05) is 6.61 Å². The van der Waals surface area contributed by atoms with Gasteiger partial charge in [-0.25, -0.2) is 14.4 Å². The normalized spacial score (nSPS) is 39.5. The fraction of sp³-hybridized carbons (Fsp3) is 0.589. The van der Waals surface area contributed by atoms with E-state index < -0.39 is 42.5 Å². The number of hydrogen-bond donors (Lipinski definition) is 0. The molecular formula is C56H70O8. The van der Waals surface area contributed by atoms with Crippen LogP contribution in [0.3, 0.4) is 0 Å². The molecule has 0 amide bonds. The monoisotopic (exact) mass is 871 g/mol. The largest absolute Gasteiger partial charge is 0.459 e. The van der Waals surface area contributed by atoms with Gasteiger partial charge in [0.15, 0.2) is 18.5 Å². The minimum absolute atomic E-state index is 0.117. The fourth-order valence-electron chi connectivity index (χ4n) is 15.4. The lowest BCUT2D eigenvalue weighted by molar-refractivity contribution is -0.274. The Morgan fingerprint density at radius 2 is 1.20 bits per heavy atom. The van der Waals surface area contributed by atoms with E-state index in [-0.39, 0.29) is 34.4 Å². The second kappa shape index (κ2) is 16.9. The van der Waals surface area contributed by atoms with Crippen molar-refractivity contribution in [1.29, 1.82) is 0 Å². The molecule has 0 radical (unpaired) electrons. The van der Waals surface area contributed by atoms with Crippen LogP contribution in [0.1, 0.15) is 144 Å². The average Bonchev–Trinajstić information content (AvgIpc) is 3.81. The van der Waals surface area contributed by atoms with Crippen molar-refractivity contribution >= 4 is 17.9 Å². The van der Waals surface area contributed by atoms with Crippen LogP contribution in [0.2, 0.25) is 0 Å². The summed E-state index contributed by atoms with van der Waals surface area (Å²) in [6, 6.07) is 26.2. The van der Waals surface area contributed by atoms with Crippen LogP contribution in [-0.2, 0) is 23.7 Å². The molecule has 342 valence electrons. The first kappa shape index (κ1) is 44.9. The van der Waals surface area contributed by atoms with Crippen LogP contribution in [0.5, 0.6) is 0 Å². The third-order valence-electron chi connectivity index (χ3n) is 18.9. The molecule has 1 heterocycles. The summed E-state index contributed by atoms with van der Waals surface area (Å²) in [5.41, 5.74) is 3.25. The number of carbonyl (C=O) groups excluding carboxylic acids is 3. The van der Waals surface area contributed by atoms with Gasteiger partial charge in [-0.1, -0.05) is 108 Å². The van der Waals surface area contributed by atoms with Crippen LogP contribution in [-0.4, -0.2) is 55.2 Å². The molecule has 1 aliphatic heterocycles. The van der Waals surface area contributed by atoms with Gasteiger partial charge in [0.2, 0.25) is 0 Å². The molecule has 1 saturated heterocycles. The van der Waals surface area contributed by atoms with E-state index in [0.717, 1.165) is 31.1 Å². The van der Waals surface area contributed by atoms with Crippen LogP contribution < -0.4 is 0 Å². The Hall–Kier alpha value is -4.27. The number of rotatable bonds is 10. The zero-order chi connectivity index (χ0) is 45.2. The van der Waals surface area contributed by atoms with Gasteiger partial charge in [0.1, 0.15) is 12.7 Å². The highest BCUT2D eigenvalue weighted by Gasteiger charge is 2.70. The van der Waals surface area contributed by atoms with E-state index in [9.17, 15) is 14.4 Å². The van der Waals surface area contributed by atoms with Crippen molar-refractivity contribution in [3.05, 3.63) is 120 Å². The number of esters is 3. The lowest BCUT2D eigenvalue weighted by Gasteiger charge is -2.73. The summed E-state index contributed by atoms with van der Waals surface area (Å²) in [5, 5.41) is 0. The van der Waals surface area contributed by atoms with Gasteiger partial charge in [0, 0.05) is 0 Å². The molecule has 8 nitrogen and oxygen atoms in total. The number of hydrogen-bond acceptors (Lipinski definition) is 8. The molecule has 14 atom stereocenters. The van der Waals surface area contributed by atoms with Crippen LogP contribution in [0, 0.1) is 56.7 Å². The maximum atomic E-state index is 13.9. The van der Waals surface area contributed by atoms with Crippen molar-refractivity contribution in [2.24, 2.45) is 56.7 Å². The SMILES string of the molecule is C=C(C)[C@@H]1CC[C@]2(C)CC[C@]3(C)[C@H](CC[C@@H]4[C@@]5(C)CCC(O[C@@H]6O[C@@H](COC(=O)c7ccccc7)[C@H](OC(=O)c7ccccc7)[C@H]6OC(=O)c6ccccc6)C(C)(C)[C@@H]5CC[C@]43C)[C@@H]12. The van der Waals surface area contributed by atoms with Crippen molar-refractivity contribution in [3.63, 3.8) is 0 Å². The molecule has 6 aliphatic rings. The summed E-state index contributed by atoms with van der Waals surface area (Å²) < 4.78 is 32.2. The predicted molar refractivity (Wildman–Crippen MR) is 246 cm³/mol. The molecule has 3 aromatic rings. The zero-order valence-corrected chi connectivity index (χ0v) is 39.2. The minimum Gasteiger partial charge on any atom is -0.459 e. The number of allylic oxidation sites excluding steroid dienone is 1. The third-order valence-corrected chi connectivity index (χ3v) is 18.9. The fourth-order valence-corrected chi connectivity index (χ4v) is 15.4. The predicted octanol–water partition coefficient (Wildman–Crippen LogP) is 12.1. The van der Waals surface area contributed by atoms with Gasteiger partial charge in [0.25, 0.3) is 0 Å². The van der Waals surface area contributed by atoms with Crippen molar-refractivity contribution < 1.29 is 38.1 Å². The van der Waals surface area contributed by atoms with E-state index >= 15 is 0 Å². The van der Waals surface area contributed by atoms with Gasteiger partial charge in [-0.2, -0.15) is 0 Å². The molecule has 64 heavy (non-hydrogen) atoms. The first-order chi connectivity index (χ1) is 30.5. The summed E-state index contributed by atoms with van der Waals surface area (Å²) in [5.74, 6) is 1.34. The molecule has 0 N–H and O–H groups in total. The second-order valence-corrected chi connectivity index (χ2v) is 22.3. The van der Waals surface area contributed by atoms with Crippen molar-refractivity contribution in [2.45, 2.75) is 143 Å². The van der Waals surface area contributed by atoms with E-state index in [4.69, 9.17) is 23.7 Å². The molecule has 1 unspecified atom stereocenters. The van der Waals surface area contributed by atoms with E-state index in [1.54, 1.807) is 72.8 Å². The Labute approximate surface area is 381 Å². The lowest BCUT2D eigenvalue weighted by atomic mass is 9.32. The number of ether oxygens (including phenoxy) is 5. The van der Waals surface area contributed by atoms with Crippen molar-refractivity contribution in [3.8, 4) is 0 Å². The van der Waals surface area contributed by atoms with E-state index in [2.05, 4.69) is 55.0 Å². The smallest absolute Gasteiger partial charge is 0.338 e. The number of benzene rings is 3. The summed E-state index contributed by atoms with van der Waals surface area (Å²) in [6.45, 7) is 21.9. The highest BCUT2D eigenvalue weighted by molar-refractivity contribution is 5.91. The van der Waals surface area contributed by atoms with Gasteiger partial charge in [-0.05, 0) is 164 Å². The molecule has 8 heteroatoms. The molecule has 5 aliphatic carbocycles. The summed E-state index contributed by atoms with van der Waals surface area (Å²) >= 11 is 0. The Kier molecular flexibility index (Phi) is 11.8. The molecule has 0 spiro atoms. The molecule has 0 bridgehead atoms. The quantitative estimate of drug-likeness (QED) is 0.113. The highest BCUT2D eigenvalue weighted by Crippen LogP contribution is 2.77. The molecule has 6 fully saturated rings. The Balaban J connectivity index is 0.992. The Bertz CT molecular complexity index is 2210. The maximum absolute atomic E-state index is 13.9. The van der Waals surface area contributed by atoms with Gasteiger partial charge >= 0.3 is 17.9 Å². The summed E-state index contributed by atoms with van der Waals surface area (Å²) in [7, 11) is 0. The molecule has 3 aromatic carbocycles. The van der Waals surface area contributed by atoms with Crippen LogP contribution in [0.25, 0.3) is 0 Å². The summed E-state index contributed by atoms with van der Waals surface area (Å²) in [6.07, 6.45) is 7.39. The Morgan fingerprint density at radius 3 is 1.80 bits per heavy atom. The van der Waals surface area contributed by atoms with Crippen LogP contribution in [0.4, 0.5) is 0 Å². The Morgan fingerprint density at radius 1 is 0.625 bits per heavy atom. The van der Waals surface area contributed by atoms with Gasteiger partial charge in [0.05, 0.1) is 22.8 Å². The topological polar surface area (TPSA) is 97.4 Å². The first-order valence-corrected chi connectivity index (χ1v) is 24.2. The molecular weight excluding hydrogens is 801 g/mol. The zero-order valence-electron chi connectivity index (χ0n) is 39.2. The highest BCUT2D eigenvalue weighted by atomic mass is 16.7. The van der Waals surface area contributed by atoms with Gasteiger partial charge in [-0.15, -0.1) is 0 Å². The molecule has 9 rings (SSSR count). The van der Waals surface area contributed by atoms with Gasteiger partial charge in [-0.3, -0.25) is 0 Å². The third kappa shape index (κ3) is 7.47. The maximum Gasteiger partial charge on any atom is 0.338 e. The number of fused-ring (bicyclic) bond motifs is 7. The molecule has 0 aromatic heterocycles. The average molecular weight is 871 g/mol. The number of carbonyl (C=O) groups is 3. The summed E-state index contributed by atoms with van der Waals surface area (Å²) in [4.78, 5) is 41.0. The first-order valence-electron chi connectivity index (χ1n) is 24.2. The van der Waals surface area contributed by atoms with Crippen LogP contribution in [0.15, 0.2) is 103 Å². The lowest BCUT2D eigenvalue weighted by Crippen LogP contribution is -2.66. The van der Waals surface area contributed by atoms with Gasteiger partial charge < -0.3 is 23.7 Å². The van der Waals surface area contributed by atoms with E-state index in [1.807, 2.05) is 18.2 Å².